The molecule has 0 saturated carbocycles. The van der Waals surface area contributed by atoms with Crippen LogP contribution in [0.1, 0.15) is 30.4 Å². The number of rotatable bonds is 4. The summed E-state index contributed by atoms with van der Waals surface area (Å²) in [4.78, 5) is 20.2. The molecule has 0 radical (unpaired) electrons. The van der Waals surface area contributed by atoms with E-state index in [1.807, 2.05) is 24.4 Å². The van der Waals surface area contributed by atoms with E-state index in [0.717, 1.165) is 21.6 Å². The van der Waals surface area contributed by atoms with Gasteiger partial charge in [0.05, 0.1) is 28.9 Å². The van der Waals surface area contributed by atoms with Gasteiger partial charge in [0, 0.05) is 18.3 Å². The zero-order chi connectivity index (χ0) is 14.0. The maximum atomic E-state index is 11.3. The summed E-state index contributed by atoms with van der Waals surface area (Å²) >= 11 is 3.51. The van der Waals surface area contributed by atoms with E-state index in [0.29, 0.717) is 25.2 Å². The third kappa shape index (κ3) is 2.94. The Kier molecular flexibility index (Phi) is 4.19. The molecular formula is C13H16BrN3O2. The first-order chi connectivity index (χ1) is 9.02. The van der Waals surface area contributed by atoms with Crippen LogP contribution in [-0.4, -0.2) is 26.9 Å². The Labute approximate surface area is 120 Å². The summed E-state index contributed by atoms with van der Waals surface area (Å²) in [7, 11) is 0. The van der Waals surface area contributed by atoms with Crippen molar-refractivity contribution in [2.24, 2.45) is 0 Å². The number of halogens is 1. The summed E-state index contributed by atoms with van der Waals surface area (Å²) in [5.41, 5.74) is 2.81. The fourth-order valence-corrected chi connectivity index (χ4v) is 2.17. The first kappa shape index (κ1) is 14.0. The molecule has 0 amide bonds. The Hall–Kier alpha value is -1.43. The fourth-order valence-electron chi connectivity index (χ4n) is 1.89. The number of imidazole rings is 1. The second-order valence-corrected chi connectivity index (χ2v) is 5.10. The molecule has 0 unspecified atom stereocenters. The molecule has 102 valence electrons. The summed E-state index contributed by atoms with van der Waals surface area (Å²) < 4.78 is 7.81. The first-order valence-electron chi connectivity index (χ1n) is 6.19. The molecule has 0 spiro atoms. The van der Waals surface area contributed by atoms with Crippen LogP contribution in [0.4, 0.5) is 0 Å². The molecule has 0 N–H and O–H groups in total. The SMILES string of the molecule is CCOC(=O)CCc1cn2c(C)c(Br)c(C)nc2n1. The minimum Gasteiger partial charge on any atom is -0.466 e. The molecule has 0 saturated heterocycles. The maximum Gasteiger partial charge on any atom is 0.306 e. The van der Waals surface area contributed by atoms with Crippen molar-refractivity contribution in [2.75, 3.05) is 6.61 Å². The first-order valence-corrected chi connectivity index (χ1v) is 6.98. The van der Waals surface area contributed by atoms with Crippen molar-refractivity contribution in [1.82, 2.24) is 14.4 Å². The van der Waals surface area contributed by atoms with Crippen LogP contribution in [0, 0.1) is 13.8 Å². The Morgan fingerprint density at radius 3 is 2.84 bits per heavy atom. The maximum absolute atomic E-state index is 11.3. The van der Waals surface area contributed by atoms with Crippen molar-refractivity contribution in [3.05, 3.63) is 27.8 Å². The van der Waals surface area contributed by atoms with Gasteiger partial charge in [-0.15, -0.1) is 0 Å². The van der Waals surface area contributed by atoms with Gasteiger partial charge < -0.3 is 4.74 Å². The number of aromatic nitrogens is 3. The normalized spacial score (nSPS) is 10.9. The third-order valence-electron chi connectivity index (χ3n) is 2.89. The summed E-state index contributed by atoms with van der Waals surface area (Å²) in [6.07, 6.45) is 2.83. The molecule has 2 rings (SSSR count). The topological polar surface area (TPSA) is 56.5 Å². The van der Waals surface area contributed by atoms with E-state index in [9.17, 15) is 4.79 Å². The highest BCUT2D eigenvalue weighted by molar-refractivity contribution is 9.10. The van der Waals surface area contributed by atoms with E-state index in [1.165, 1.54) is 0 Å². The van der Waals surface area contributed by atoms with Crippen LogP contribution >= 0.6 is 15.9 Å². The predicted molar refractivity (Wildman–Crippen MR) is 75.1 cm³/mol. The monoisotopic (exact) mass is 325 g/mol. The van der Waals surface area contributed by atoms with Gasteiger partial charge in [-0.1, -0.05) is 0 Å². The van der Waals surface area contributed by atoms with Crippen molar-refractivity contribution >= 4 is 27.7 Å². The highest BCUT2D eigenvalue weighted by Gasteiger charge is 2.11. The average molecular weight is 326 g/mol. The number of aryl methyl sites for hydroxylation is 3. The van der Waals surface area contributed by atoms with Crippen LogP contribution in [0.5, 0.6) is 0 Å². The van der Waals surface area contributed by atoms with E-state index in [2.05, 4.69) is 25.9 Å². The molecule has 2 heterocycles. The standard InChI is InChI=1S/C13H16BrN3O2/c1-4-19-11(18)6-5-10-7-17-9(3)12(14)8(2)15-13(17)16-10/h7H,4-6H2,1-3H3. The lowest BCUT2D eigenvalue weighted by molar-refractivity contribution is -0.143. The quantitative estimate of drug-likeness (QED) is 0.811. The molecule has 0 aromatic carbocycles. The minimum absolute atomic E-state index is 0.193. The Balaban J connectivity index is 2.22. The number of nitrogens with zero attached hydrogens (tertiary/aromatic N) is 3. The summed E-state index contributed by atoms with van der Waals surface area (Å²) in [5.74, 6) is 0.471. The molecule has 2 aromatic heterocycles. The van der Waals surface area contributed by atoms with Crippen molar-refractivity contribution in [1.29, 1.82) is 0 Å². The molecule has 5 nitrogen and oxygen atoms in total. The van der Waals surface area contributed by atoms with E-state index in [1.54, 1.807) is 6.92 Å². The lowest BCUT2D eigenvalue weighted by Gasteiger charge is -2.04. The van der Waals surface area contributed by atoms with E-state index >= 15 is 0 Å². The number of carbonyl (C=O) groups is 1. The average Bonchev–Trinajstić information content (AvgIpc) is 2.77. The van der Waals surface area contributed by atoms with Gasteiger partial charge in [0.25, 0.3) is 0 Å². The van der Waals surface area contributed by atoms with Gasteiger partial charge in [-0.2, -0.15) is 0 Å². The predicted octanol–water partition coefficient (Wildman–Crippen LogP) is 2.60. The number of esters is 1. The number of ether oxygens (including phenoxy) is 1. The van der Waals surface area contributed by atoms with Gasteiger partial charge in [-0.3, -0.25) is 9.20 Å². The molecule has 0 bridgehead atoms. The molecule has 0 aliphatic carbocycles. The molecule has 19 heavy (non-hydrogen) atoms. The van der Waals surface area contributed by atoms with Crippen LogP contribution in [0.2, 0.25) is 0 Å². The number of hydrogen-bond acceptors (Lipinski definition) is 4. The molecule has 0 atom stereocenters. The molecule has 2 aromatic rings. The van der Waals surface area contributed by atoms with E-state index < -0.39 is 0 Å². The number of carbonyl (C=O) groups excluding carboxylic acids is 1. The highest BCUT2D eigenvalue weighted by Crippen LogP contribution is 2.20. The third-order valence-corrected chi connectivity index (χ3v) is 4.04. The summed E-state index contributed by atoms with van der Waals surface area (Å²) in [6.45, 7) is 6.15. The number of fused-ring (bicyclic) bond motifs is 1. The van der Waals surface area contributed by atoms with Gasteiger partial charge in [-0.05, 0) is 36.7 Å². The molecule has 6 heteroatoms. The van der Waals surface area contributed by atoms with Gasteiger partial charge >= 0.3 is 5.97 Å². The van der Waals surface area contributed by atoms with Gasteiger partial charge in [0.2, 0.25) is 5.78 Å². The van der Waals surface area contributed by atoms with Gasteiger partial charge in [0.15, 0.2) is 0 Å². The Morgan fingerprint density at radius 1 is 1.42 bits per heavy atom. The molecule has 0 aliphatic rings. The van der Waals surface area contributed by atoms with E-state index in [-0.39, 0.29) is 5.97 Å². The van der Waals surface area contributed by atoms with Crippen LogP contribution in [0.25, 0.3) is 5.78 Å². The lowest BCUT2D eigenvalue weighted by atomic mass is 10.2. The Bertz CT molecular complexity index is 622. The van der Waals surface area contributed by atoms with Gasteiger partial charge in [-0.25, -0.2) is 9.97 Å². The van der Waals surface area contributed by atoms with Crippen LogP contribution in [0.3, 0.4) is 0 Å². The van der Waals surface area contributed by atoms with Crippen molar-refractivity contribution < 1.29 is 9.53 Å². The van der Waals surface area contributed by atoms with Crippen LogP contribution in [0.15, 0.2) is 10.7 Å². The Morgan fingerprint density at radius 2 is 2.16 bits per heavy atom. The summed E-state index contributed by atoms with van der Waals surface area (Å²) in [5, 5.41) is 0. The highest BCUT2D eigenvalue weighted by atomic mass is 79.9. The summed E-state index contributed by atoms with van der Waals surface area (Å²) in [6, 6.07) is 0. The van der Waals surface area contributed by atoms with Crippen LogP contribution in [-0.2, 0) is 16.0 Å². The zero-order valence-electron chi connectivity index (χ0n) is 11.2. The van der Waals surface area contributed by atoms with Crippen molar-refractivity contribution in [3.8, 4) is 0 Å². The number of hydrogen-bond donors (Lipinski definition) is 0. The van der Waals surface area contributed by atoms with Crippen molar-refractivity contribution in [2.45, 2.75) is 33.6 Å². The largest absolute Gasteiger partial charge is 0.466 e. The molecule has 0 fully saturated rings. The second kappa shape index (κ2) is 5.69. The van der Waals surface area contributed by atoms with Gasteiger partial charge in [0.1, 0.15) is 0 Å². The smallest absolute Gasteiger partial charge is 0.306 e. The minimum atomic E-state index is -0.193. The fraction of sp³-hybridized carbons (Fsp3) is 0.462. The molecule has 0 aliphatic heterocycles. The van der Waals surface area contributed by atoms with Crippen LogP contribution < -0.4 is 0 Å². The molecular weight excluding hydrogens is 310 g/mol. The van der Waals surface area contributed by atoms with Crippen molar-refractivity contribution in [3.63, 3.8) is 0 Å². The zero-order valence-corrected chi connectivity index (χ0v) is 12.8. The lowest BCUT2D eigenvalue weighted by Crippen LogP contribution is -2.05. The second-order valence-electron chi connectivity index (χ2n) is 4.30. The van der Waals surface area contributed by atoms with E-state index in [4.69, 9.17) is 4.74 Å².